The molecule has 206 valence electrons. The summed E-state index contributed by atoms with van der Waals surface area (Å²) in [6.07, 6.45) is 4.70. The fourth-order valence-corrected chi connectivity index (χ4v) is 9.74. The van der Waals surface area contributed by atoms with Gasteiger partial charge in [0.15, 0.2) is 0 Å². The van der Waals surface area contributed by atoms with Gasteiger partial charge in [0.25, 0.3) is 0 Å². The predicted molar refractivity (Wildman–Crippen MR) is 132 cm³/mol. The normalized spacial score (nSPS) is 53.7. The lowest BCUT2D eigenvalue weighted by molar-refractivity contribution is -0.255. The van der Waals surface area contributed by atoms with Gasteiger partial charge < -0.3 is 29.5 Å². The van der Waals surface area contributed by atoms with E-state index >= 15 is 0 Å². The van der Waals surface area contributed by atoms with E-state index in [4.69, 9.17) is 14.2 Å². The smallest absolute Gasteiger partial charge is 0.331 e. The summed E-state index contributed by atoms with van der Waals surface area (Å²) in [6, 6.07) is 0. The quantitative estimate of drug-likeness (QED) is 0.385. The zero-order valence-corrected chi connectivity index (χ0v) is 22.2. The Morgan fingerprint density at radius 2 is 1.81 bits per heavy atom. The van der Waals surface area contributed by atoms with E-state index in [2.05, 4.69) is 13.8 Å². The van der Waals surface area contributed by atoms with E-state index in [-0.39, 0.29) is 41.2 Å². The van der Waals surface area contributed by atoms with E-state index in [0.29, 0.717) is 31.3 Å². The molecule has 0 spiro atoms. The second kappa shape index (κ2) is 8.85. The molecule has 6 rings (SSSR count). The van der Waals surface area contributed by atoms with Crippen LogP contribution in [-0.2, 0) is 23.8 Å². The van der Waals surface area contributed by atoms with Crippen molar-refractivity contribution in [1.82, 2.24) is 0 Å². The number of aliphatic hydroxyl groups is 3. The molecule has 2 aliphatic heterocycles. The number of carbonyl (C=O) groups is 2. The lowest BCUT2D eigenvalue weighted by atomic mass is 9.43. The molecule has 0 aromatic carbocycles. The molecule has 4 aliphatic carbocycles. The highest BCUT2D eigenvalue weighted by molar-refractivity contribution is 5.86. The number of aliphatic hydroxyl groups excluding tert-OH is 2. The summed E-state index contributed by atoms with van der Waals surface area (Å²) in [5, 5.41) is 33.7. The van der Waals surface area contributed by atoms with E-state index in [1.165, 1.54) is 0 Å². The van der Waals surface area contributed by atoms with Gasteiger partial charge in [-0.1, -0.05) is 13.8 Å². The summed E-state index contributed by atoms with van der Waals surface area (Å²) in [5.74, 6) is 0.195. The molecule has 8 nitrogen and oxygen atoms in total. The van der Waals surface area contributed by atoms with E-state index in [1.54, 1.807) is 6.08 Å². The number of hydrogen-bond acceptors (Lipinski definition) is 8. The maximum absolute atomic E-state index is 12.5. The second-order valence-electron chi connectivity index (χ2n) is 13.4. The van der Waals surface area contributed by atoms with Crippen LogP contribution < -0.4 is 0 Å². The average Bonchev–Trinajstić information content (AvgIpc) is 3.37. The molecule has 1 saturated heterocycles. The van der Waals surface area contributed by atoms with E-state index < -0.39 is 36.0 Å². The Morgan fingerprint density at radius 3 is 2.54 bits per heavy atom. The molecule has 8 heteroatoms. The molecule has 12 atom stereocenters. The zero-order valence-electron chi connectivity index (χ0n) is 22.2. The van der Waals surface area contributed by atoms with Gasteiger partial charge in [-0.25, -0.2) is 4.79 Å². The fourth-order valence-electron chi connectivity index (χ4n) is 9.74. The van der Waals surface area contributed by atoms with Crippen molar-refractivity contribution in [2.75, 3.05) is 6.61 Å². The average molecular weight is 519 g/mol. The minimum absolute atomic E-state index is 0.132. The van der Waals surface area contributed by atoms with E-state index in [9.17, 15) is 24.9 Å². The monoisotopic (exact) mass is 518 g/mol. The SMILES string of the molecule is C[C@@H]1C[C@H](O)C(=O)[C@H](O[C@@H]2C[C@@H]3CC[C@@H]4[C@H](CC[C@]5(C)[C@@H](C6=CC(=O)OC6)CC[C@]45O)[C@@]3(C)C[C@H]2O)O1. The number of fused-ring (bicyclic) bond motifs is 5. The summed E-state index contributed by atoms with van der Waals surface area (Å²) < 4.78 is 16.9. The van der Waals surface area contributed by atoms with Gasteiger partial charge in [0, 0.05) is 17.9 Å². The molecule has 0 amide bonds. The summed E-state index contributed by atoms with van der Waals surface area (Å²) in [4.78, 5) is 24.2. The van der Waals surface area contributed by atoms with Crippen LogP contribution in [0.1, 0.15) is 78.6 Å². The summed E-state index contributed by atoms with van der Waals surface area (Å²) in [6.45, 7) is 6.66. The van der Waals surface area contributed by atoms with Gasteiger partial charge in [-0.15, -0.1) is 0 Å². The van der Waals surface area contributed by atoms with Crippen LogP contribution in [0, 0.1) is 34.5 Å². The van der Waals surface area contributed by atoms with Crippen molar-refractivity contribution in [3.63, 3.8) is 0 Å². The summed E-state index contributed by atoms with van der Waals surface area (Å²) in [5.41, 5.74) is -0.179. The first-order valence-corrected chi connectivity index (χ1v) is 14.3. The number of carbonyl (C=O) groups excluding carboxylic acids is 2. The van der Waals surface area contributed by atoms with Gasteiger partial charge in [-0.05, 0) is 93.0 Å². The van der Waals surface area contributed by atoms with Crippen molar-refractivity contribution in [3.05, 3.63) is 11.6 Å². The van der Waals surface area contributed by atoms with Crippen LogP contribution in [0.5, 0.6) is 0 Å². The maximum Gasteiger partial charge on any atom is 0.331 e. The van der Waals surface area contributed by atoms with Crippen LogP contribution in [-0.4, -0.2) is 70.0 Å². The van der Waals surface area contributed by atoms with Gasteiger partial charge in [0.1, 0.15) is 12.7 Å². The Bertz CT molecular complexity index is 994. The Balaban J connectivity index is 1.20. The second-order valence-corrected chi connectivity index (χ2v) is 13.4. The number of esters is 1. The van der Waals surface area contributed by atoms with Gasteiger partial charge in [-0.3, -0.25) is 4.79 Å². The van der Waals surface area contributed by atoms with E-state index in [1.807, 2.05) is 6.92 Å². The minimum atomic E-state index is -1.13. The Hall–Kier alpha value is -1.32. The van der Waals surface area contributed by atoms with Gasteiger partial charge >= 0.3 is 5.97 Å². The van der Waals surface area contributed by atoms with Crippen molar-refractivity contribution in [1.29, 1.82) is 0 Å². The highest BCUT2D eigenvalue weighted by Crippen LogP contribution is 2.70. The Labute approximate surface area is 218 Å². The summed E-state index contributed by atoms with van der Waals surface area (Å²) >= 11 is 0. The van der Waals surface area contributed by atoms with Gasteiger partial charge in [0.2, 0.25) is 12.1 Å². The van der Waals surface area contributed by atoms with Crippen LogP contribution in [0.15, 0.2) is 11.6 Å². The number of rotatable bonds is 3. The van der Waals surface area contributed by atoms with Gasteiger partial charge in [-0.2, -0.15) is 0 Å². The third kappa shape index (κ3) is 3.80. The minimum Gasteiger partial charge on any atom is -0.458 e. The van der Waals surface area contributed by atoms with Gasteiger partial charge in [0.05, 0.1) is 23.9 Å². The van der Waals surface area contributed by atoms with E-state index in [0.717, 1.165) is 44.1 Å². The van der Waals surface area contributed by atoms with Crippen LogP contribution in [0.25, 0.3) is 0 Å². The first-order valence-electron chi connectivity index (χ1n) is 14.3. The molecule has 4 saturated carbocycles. The van der Waals surface area contributed by atoms with Crippen LogP contribution >= 0.6 is 0 Å². The summed E-state index contributed by atoms with van der Waals surface area (Å²) in [7, 11) is 0. The Kier molecular flexibility index (Phi) is 6.20. The number of cyclic esters (lactones) is 1. The van der Waals surface area contributed by atoms with Crippen molar-refractivity contribution >= 4 is 11.8 Å². The van der Waals surface area contributed by atoms with Crippen LogP contribution in [0.3, 0.4) is 0 Å². The lowest BCUT2D eigenvalue weighted by Crippen LogP contribution is -2.63. The van der Waals surface area contributed by atoms with Crippen molar-refractivity contribution < 1.29 is 39.1 Å². The zero-order chi connectivity index (χ0) is 26.3. The van der Waals surface area contributed by atoms with Crippen LogP contribution in [0.4, 0.5) is 0 Å². The number of ether oxygens (including phenoxy) is 3. The third-order valence-corrected chi connectivity index (χ3v) is 11.7. The maximum atomic E-state index is 12.5. The highest BCUT2D eigenvalue weighted by atomic mass is 16.7. The standard InChI is InChI=1S/C29H42O8/c1-15-10-21(30)25(33)26(36-15)37-23-12-17-4-5-20-19(27(17,2)13-22(23)31)6-8-28(3)18(7-9-29(20,28)34)16-11-24(32)35-14-16/h11,15,17-23,26,30-31,34H,4-10,12-14H2,1-3H3/t15-,17+,18-,19+,20-,21+,22-,23-,26+,27+,28-,29+/m1/s1. The van der Waals surface area contributed by atoms with Crippen molar-refractivity contribution in [2.45, 2.75) is 115 Å². The number of hydrogen-bond donors (Lipinski definition) is 3. The number of ketones is 1. The Morgan fingerprint density at radius 1 is 1.03 bits per heavy atom. The molecule has 6 aliphatic rings. The number of Topliss-reactive ketones (excluding diaryl/α,β-unsaturated/α-hetero) is 1. The molecule has 0 aromatic heterocycles. The first-order chi connectivity index (χ1) is 17.5. The lowest BCUT2D eigenvalue weighted by Gasteiger charge is -2.64. The molecular weight excluding hydrogens is 476 g/mol. The molecule has 0 radical (unpaired) electrons. The molecule has 3 N–H and O–H groups in total. The molecule has 37 heavy (non-hydrogen) atoms. The largest absolute Gasteiger partial charge is 0.458 e. The topological polar surface area (TPSA) is 123 Å². The van der Waals surface area contributed by atoms with Crippen LogP contribution in [0.2, 0.25) is 0 Å². The molecule has 0 aromatic rings. The molecular formula is C29H42O8. The molecule has 5 fully saturated rings. The molecule has 0 unspecified atom stereocenters. The molecule has 0 bridgehead atoms. The van der Waals surface area contributed by atoms with Crippen molar-refractivity contribution in [2.24, 2.45) is 34.5 Å². The molecule has 2 heterocycles. The highest BCUT2D eigenvalue weighted by Gasteiger charge is 2.68. The first kappa shape index (κ1) is 25.9. The van der Waals surface area contributed by atoms with Crippen molar-refractivity contribution in [3.8, 4) is 0 Å². The fraction of sp³-hybridized carbons (Fsp3) is 0.862. The third-order valence-electron chi connectivity index (χ3n) is 11.7. The predicted octanol–water partition coefficient (Wildman–Crippen LogP) is 2.66.